The highest BCUT2D eigenvalue weighted by atomic mass is 16.6. The van der Waals surface area contributed by atoms with Gasteiger partial charge in [-0.3, -0.25) is 4.79 Å². The first-order valence-corrected chi connectivity index (χ1v) is 6.14. The highest BCUT2D eigenvalue weighted by molar-refractivity contribution is 5.67. The van der Waals surface area contributed by atoms with Gasteiger partial charge in [0.15, 0.2) is 11.5 Å². The number of carboxylic acid groups (broad SMARTS) is 1. The largest absolute Gasteiger partial charge is 0.486 e. The minimum atomic E-state index is -1.01. The van der Waals surface area contributed by atoms with Crippen LogP contribution in [0.25, 0.3) is 0 Å². The van der Waals surface area contributed by atoms with Crippen LogP contribution in [0.15, 0.2) is 18.2 Å². The number of nitrogens with one attached hydrogen (secondary N) is 1. The molecule has 0 saturated carbocycles. The summed E-state index contributed by atoms with van der Waals surface area (Å²) in [4.78, 5) is 10.4. The van der Waals surface area contributed by atoms with Gasteiger partial charge in [-0.25, -0.2) is 0 Å². The van der Waals surface area contributed by atoms with Crippen LogP contribution in [0.5, 0.6) is 11.5 Å². The third kappa shape index (κ3) is 4.11. The second kappa shape index (κ2) is 6.40. The molecule has 1 aliphatic rings. The van der Waals surface area contributed by atoms with Gasteiger partial charge < -0.3 is 25.0 Å². The van der Waals surface area contributed by atoms with Gasteiger partial charge in [0.1, 0.15) is 13.2 Å². The van der Waals surface area contributed by atoms with Crippen LogP contribution >= 0.6 is 0 Å². The minimum Gasteiger partial charge on any atom is -0.486 e. The first-order chi connectivity index (χ1) is 9.15. The Morgan fingerprint density at radius 1 is 1.32 bits per heavy atom. The first-order valence-electron chi connectivity index (χ1n) is 6.14. The van der Waals surface area contributed by atoms with Crippen LogP contribution in [0.2, 0.25) is 0 Å². The van der Waals surface area contributed by atoms with Crippen molar-refractivity contribution in [2.45, 2.75) is 19.1 Å². The van der Waals surface area contributed by atoms with Crippen molar-refractivity contribution in [2.24, 2.45) is 0 Å². The van der Waals surface area contributed by atoms with Gasteiger partial charge in [0.05, 0.1) is 12.5 Å². The van der Waals surface area contributed by atoms with E-state index < -0.39 is 12.1 Å². The molecule has 104 valence electrons. The zero-order valence-electron chi connectivity index (χ0n) is 10.5. The Labute approximate surface area is 111 Å². The molecule has 1 aromatic rings. The van der Waals surface area contributed by atoms with Crippen molar-refractivity contribution in [1.82, 2.24) is 5.32 Å². The molecule has 0 amide bonds. The molecule has 6 nitrogen and oxygen atoms in total. The minimum absolute atomic E-state index is 0.237. The number of fused-ring (bicyclic) bond motifs is 1. The number of ether oxygens (including phenoxy) is 2. The zero-order valence-corrected chi connectivity index (χ0v) is 10.5. The molecule has 1 unspecified atom stereocenters. The number of hydrogen-bond donors (Lipinski definition) is 3. The molecule has 1 heterocycles. The van der Waals surface area contributed by atoms with E-state index >= 15 is 0 Å². The summed E-state index contributed by atoms with van der Waals surface area (Å²) in [6, 6.07) is 5.63. The van der Waals surface area contributed by atoms with Crippen molar-refractivity contribution >= 4 is 5.97 Å². The van der Waals surface area contributed by atoms with E-state index in [9.17, 15) is 9.90 Å². The van der Waals surface area contributed by atoms with Gasteiger partial charge in [-0.15, -0.1) is 0 Å². The predicted octanol–water partition coefficient (Wildman–Crippen LogP) is 0.383. The van der Waals surface area contributed by atoms with Gasteiger partial charge in [0, 0.05) is 13.1 Å². The predicted molar refractivity (Wildman–Crippen MR) is 67.4 cm³/mol. The Bertz CT molecular complexity index is 449. The third-order valence-corrected chi connectivity index (χ3v) is 2.73. The standard InChI is InChI=1S/C13H17NO5/c15-10(6-13(16)17)8-14-7-9-1-2-11-12(5-9)19-4-3-18-11/h1-2,5,10,14-15H,3-4,6-8H2,(H,16,17). The van der Waals surface area contributed by atoms with Crippen molar-refractivity contribution in [2.75, 3.05) is 19.8 Å². The zero-order chi connectivity index (χ0) is 13.7. The number of aliphatic carboxylic acids is 1. The van der Waals surface area contributed by atoms with Crippen molar-refractivity contribution in [3.8, 4) is 11.5 Å². The summed E-state index contributed by atoms with van der Waals surface area (Å²) >= 11 is 0. The Kier molecular flexibility index (Phi) is 4.59. The molecule has 0 aliphatic carbocycles. The fourth-order valence-corrected chi connectivity index (χ4v) is 1.85. The molecule has 1 aromatic carbocycles. The number of aliphatic hydroxyl groups excluding tert-OH is 1. The van der Waals surface area contributed by atoms with Gasteiger partial charge in [-0.05, 0) is 17.7 Å². The topological polar surface area (TPSA) is 88.0 Å². The number of benzene rings is 1. The molecule has 1 aliphatic heterocycles. The Hall–Kier alpha value is -1.79. The second-order valence-electron chi connectivity index (χ2n) is 4.36. The lowest BCUT2D eigenvalue weighted by Crippen LogP contribution is -2.28. The Morgan fingerprint density at radius 3 is 2.79 bits per heavy atom. The molecule has 6 heteroatoms. The van der Waals surface area contributed by atoms with Crippen molar-refractivity contribution < 1.29 is 24.5 Å². The Balaban J connectivity index is 1.81. The van der Waals surface area contributed by atoms with Gasteiger partial charge >= 0.3 is 5.97 Å². The molecule has 3 N–H and O–H groups in total. The fraction of sp³-hybridized carbons (Fsp3) is 0.462. The van der Waals surface area contributed by atoms with Crippen LogP contribution in [-0.4, -0.2) is 42.0 Å². The highest BCUT2D eigenvalue weighted by Gasteiger charge is 2.12. The highest BCUT2D eigenvalue weighted by Crippen LogP contribution is 2.30. The summed E-state index contributed by atoms with van der Waals surface area (Å²) in [6.07, 6.45) is -1.14. The summed E-state index contributed by atoms with van der Waals surface area (Å²) in [7, 11) is 0. The van der Waals surface area contributed by atoms with Gasteiger partial charge in [0.2, 0.25) is 0 Å². The van der Waals surface area contributed by atoms with E-state index in [-0.39, 0.29) is 13.0 Å². The molecule has 0 aromatic heterocycles. The van der Waals surface area contributed by atoms with Gasteiger partial charge in [-0.1, -0.05) is 6.07 Å². The quantitative estimate of drug-likeness (QED) is 0.690. The number of hydrogen-bond acceptors (Lipinski definition) is 5. The summed E-state index contributed by atoms with van der Waals surface area (Å²) in [6.45, 7) is 1.88. The second-order valence-corrected chi connectivity index (χ2v) is 4.36. The lowest BCUT2D eigenvalue weighted by Gasteiger charge is -2.19. The third-order valence-electron chi connectivity index (χ3n) is 2.73. The van der Waals surface area contributed by atoms with E-state index in [0.717, 1.165) is 17.1 Å². The lowest BCUT2D eigenvalue weighted by molar-refractivity contribution is -0.139. The van der Waals surface area contributed by atoms with Gasteiger partial charge in [0.25, 0.3) is 0 Å². The maximum atomic E-state index is 10.4. The number of rotatable bonds is 6. The smallest absolute Gasteiger partial charge is 0.306 e. The molecule has 0 bridgehead atoms. The molecule has 19 heavy (non-hydrogen) atoms. The SMILES string of the molecule is O=C(O)CC(O)CNCc1ccc2c(c1)OCCO2. The number of aliphatic hydroxyl groups is 1. The average Bonchev–Trinajstić information content (AvgIpc) is 2.37. The first kappa shape index (κ1) is 13.6. The van der Waals surface area contributed by atoms with E-state index in [1.807, 2.05) is 18.2 Å². The normalized spacial score (nSPS) is 15.0. The molecular formula is C13H17NO5. The van der Waals surface area contributed by atoms with E-state index in [1.165, 1.54) is 0 Å². The van der Waals surface area contributed by atoms with Crippen LogP contribution in [0.4, 0.5) is 0 Å². The maximum Gasteiger partial charge on any atom is 0.306 e. The van der Waals surface area contributed by atoms with Crippen molar-refractivity contribution in [1.29, 1.82) is 0 Å². The maximum absolute atomic E-state index is 10.4. The van der Waals surface area contributed by atoms with Crippen LogP contribution < -0.4 is 14.8 Å². The molecule has 0 spiro atoms. The van der Waals surface area contributed by atoms with Crippen LogP contribution in [0.3, 0.4) is 0 Å². The fourth-order valence-electron chi connectivity index (χ4n) is 1.85. The van der Waals surface area contributed by atoms with Crippen LogP contribution in [0, 0.1) is 0 Å². The van der Waals surface area contributed by atoms with Gasteiger partial charge in [-0.2, -0.15) is 0 Å². The van der Waals surface area contributed by atoms with E-state index in [4.69, 9.17) is 14.6 Å². The van der Waals surface area contributed by atoms with E-state index in [1.54, 1.807) is 0 Å². The average molecular weight is 267 g/mol. The molecular weight excluding hydrogens is 250 g/mol. The Morgan fingerprint density at radius 2 is 2.05 bits per heavy atom. The van der Waals surface area contributed by atoms with Crippen molar-refractivity contribution in [3.63, 3.8) is 0 Å². The summed E-state index contributed by atoms with van der Waals surface area (Å²) in [5.41, 5.74) is 0.992. The summed E-state index contributed by atoms with van der Waals surface area (Å²) in [5, 5.41) is 20.9. The molecule has 0 saturated heterocycles. The monoisotopic (exact) mass is 267 g/mol. The van der Waals surface area contributed by atoms with E-state index in [0.29, 0.717) is 19.8 Å². The van der Waals surface area contributed by atoms with Crippen LogP contribution in [-0.2, 0) is 11.3 Å². The molecule has 0 radical (unpaired) electrons. The molecule has 0 fully saturated rings. The summed E-state index contributed by atoms with van der Waals surface area (Å²) < 4.78 is 10.9. The van der Waals surface area contributed by atoms with E-state index in [2.05, 4.69) is 5.32 Å². The molecule has 2 rings (SSSR count). The lowest BCUT2D eigenvalue weighted by atomic mass is 10.2. The number of carbonyl (C=O) groups is 1. The van der Waals surface area contributed by atoms with Crippen LogP contribution in [0.1, 0.15) is 12.0 Å². The van der Waals surface area contributed by atoms with Crippen molar-refractivity contribution in [3.05, 3.63) is 23.8 Å². The number of carboxylic acids is 1. The summed E-state index contributed by atoms with van der Waals surface area (Å²) in [5.74, 6) is 0.450. The molecule has 1 atom stereocenters.